The van der Waals surface area contributed by atoms with Crippen LogP contribution >= 0.6 is 0 Å². The minimum absolute atomic E-state index is 0.143. The van der Waals surface area contributed by atoms with Crippen molar-refractivity contribution in [1.29, 1.82) is 0 Å². The average Bonchev–Trinajstić information content (AvgIpc) is 2.71. The average molecular weight is 420 g/mol. The quantitative estimate of drug-likeness (QED) is 0.388. The van der Waals surface area contributed by atoms with Crippen LogP contribution in [-0.2, 0) is 10.2 Å². The zero-order chi connectivity index (χ0) is 21.4. The van der Waals surface area contributed by atoms with Gasteiger partial charge >= 0.3 is 0 Å². The zero-order valence-electron chi connectivity index (χ0n) is 16.5. The van der Waals surface area contributed by atoms with Crippen LogP contribution in [0.4, 0.5) is 11.5 Å². The number of aromatic nitrogens is 1. The van der Waals surface area contributed by atoms with Gasteiger partial charge in [0.25, 0.3) is 10.2 Å². The fraction of sp³-hybridized carbons (Fsp3) is 0.278. The first kappa shape index (κ1) is 22.3. The van der Waals surface area contributed by atoms with E-state index in [0.717, 1.165) is 11.1 Å². The third kappa shape index (κ3) is 5.98. The van der Waals surface area contributed by atoms with Crippen LogP contribution in [0.5, 0.6) is 11.5 Å². The molecule has 156 valence electrons. The summed E-state index contributed by atoms with van der Waals surface area (Å²) in [5.41, 5.74) is 2.74. The lowest BCUT2D eigenvalue weighted by Crippen LogP contribution is -2.34. The summed E-state index contributed by atoms with van der Waals surface area (Å²) >= 11 is 0. The first-order chi connectivity index (χ1) is 13.8. The number of methoxy groups -OCH3 is 2. The van der Waals surface area contributed by atoms with E-state index >= 15 is 0 Å². The van der Waals surface area contributed by atoms with E-state index in [0.29, 0.717) is 35.3 Å². The van der Waals surface area contributed by atoms with Crippen LogP contribution < -0.4 is 24.7 Å². The summed E-state index contributed by atoms with van der Waals surface area (Å²) in [5.74, 6) is 1.67. The van der Waals surface area contributed by atoms with E-state index in [2.05, 4.69) is 31.7 Å². The Hall–Kier alpha value is -3.02. The second kappa shape index (κ2) is 9.96. The number of hydrogen-bond donors (Lipinski definition) is 3. The maximum atomic E-state index is 10.8. The van der Waals surface area contributed by atoms with Crippen molar-refractivity contribution >= 4 is 34.1 Å². The largest absolute Gasteiger partial charge is 0.493 e. The van der Waals surface area contributed by atoms with Gasteiger partial charge in [-0.3, -0.25) is 9.98 Å². The monoisotopic (exact) mass is 420 g/mol. The first-order valence-electron chi connectivity index (χ1n) is 8.50. The van der Waals surface area contributed by atoms with E-state index in [9.17, 15) is 8.42 Å². The minimum Gasteiger partial charge on any atom is -0.493 e. The highest BCUT2D eigenvalue weighted by molar-refractivity contribution is 7.87. The van der Waals surface area contributed by atoms with Crippen molar-refractivity contribution in [2.24, 2.45) is 15.1 Å². The molecule has 0 radical (unpaired) electrons. The fourth-order valence-electron chi connectivity index (χ4n) is 2.62. The number of nitrogens with one attached hydrogen (secondary N) is 2. The Bertz CT molecular complexity index is 990. The highest BCUT2D eigenvalue weighted by atomic mass is 32.2. The normalized spacial score (nSPS) is 11.8. The maximum Gasteiger partial charge on any atom is 0.274 e. The predicted octanol–water partition coefficient (Wildman–Crippen LogP) is 1.10. The molecule has 4 N–H and O–H groups in total. The van der Waals surface area contributed by atoms with Gasteiger partial charge in [0.05, 0.1) is 25.6 Å². The van der Waals surface area contributed by atoms with E-state index in [-0.39, 0.29) is 6.54 Å². The molecule has 0 atom stereocenters. The van der Waals surface area contributed by atoms with Crippen LogP contribution in [0, 0.1) is 0 Å². The second-order valence-electron chi connectivity index (χ2n) is 5.75. The molecule has 0 unspecified atom stereocenters. The van der Waals surface area contributed by atoms with Gasteiger partial charge in [-0.1, -0.05) is 0 Å². The molecular weight excluding hydrogens is 396 g/mol. The molecule has 0 saturated heterocycles. The molecule has 0 spiro atoms. The third-order valence-electron chi connectivity index (χ3n) is 3.92. The molecule has 0 fully saturated rings. The molecule has 11 heteroatoms. The number of benzene rings is 1. The van der Waals surface area contributed by atoms with E-state index < -0.39 is 10.2 Å². The molecule has 2 aromatic rings. The third-order valence-corrected chi connectivity index (χ3v) is 4.53. The van der Waals surface area contributed by atoms with Crippen LogP contribution in [0.15, 0.2) is 40.4 Å². The fourth-order valence-corrected chi connectivity index (χ4v) is 3.00. The Morgan fingerprint density at radius 1 is 1.21 bits per heavy atom. The van der Waals surface area contributed by atoms with Crippen molar-refractivity contribution < 1.29 is 17.9 Å². The van der Waals surface area contributed by atoms with Crippen LogP contribution in [-0.4, -0.2) is 60.2 Å². The molecule has 0 aliphatic carbocycles. The van der Waals surface area contributed by atoms with Crippen molar-refractivity contribution in [2.75, 3.05) is 39.7 Å². The second-order valence-corrected chi connectivity index (χ2v) is 7.13. The summed E-state index contributed by atoms with van der Waals surface area (Å²) in [4.78, 5) is 12.8. The van der Waals surface area contributed by atoms with Gasteiger partial charge in [0.15, 0.2) is 11.5 Å². The molecule has 0 bridgehead atoms. The van der Waals surface area contributed by atoms with E-state index in [1.165, 1.54) is 0 Å². The molecule has 0 saturated carbocycles. The smallest absolute Gasteiger partial charge is 0.274 e. The minimum atomic E-state index is -3.71. The SMILES string of the molecule is C=Nc1cc(OC)c(OC)cc1/C(=N\C)c1ccc(NCCNS(N)(=O)=O)nc1. The predicted molar refractivity (Wildman–Crippen MR) is 114 cm³/mol. The Kier molecular flexibility index (Phi) is 7.65. The van der Waals surface area contributed by atoms with Crippen LogP contribution in [0.3, 0.4) is 0 Å². The Labute approximate surface area is 170 Å². The molecule has 1 heterocycles. The summed E-state index contributed by atoms with van der Waals surface area (Å²) in [7, 11) is 1.07. The van der Waals surface area contributed by atoms with Gasteiger partial charge in [-0.05, 0) is 24.9 Å². The van der Waals surface area contributed by atoms with Crippen molar-refractivity contribution in [1.82, 2.24) is 9.71 Å². The van der Waals surface area contributed by atoms with E-state index in [1.54, 1.807) is 45.7 Å². The number of nitrogens with two attached hydrogens (primary N) is 1. The van der Waals surface area contributed by atoms with Gasteiger partial charge in [-0.25, -0.2) is 14.8 Å². The number of rotatable bonds is 10. The summed E-state index contributed by atoms with van der Waals surface area (Å²) in [6.07, 6.45) is 1.65. The number of anilines is 1. The van der Waals surface area contributed by atoms with Crippen molar-refractivity contribution in [3.8, 4) is 11.5 Å². The Morgan fingerprint density at radius 2 is 1.90 bits per heavy atom. The van der Waals surface area contributed by atoms with Crippen molar-refractivity contribution in [3.63, 3.8) is 0 Å². The van der Waals surface area contributed by atoms with Crippen molar-refractivity contribution in [2.45, 2.75) is 0 Å². The lowest BCUT2D eigenvalue weighted by atomic mass is 10.0. The van der Waals surface area contributed by atoms with Crippen LogP contribution in [0.2, 0.25) is 0 Å². The van der Waals surface area contributed by atoms with Crippen molar-refractivity contribution in [3.05, 3.63) is 41.6 Å². The van der Waals surface area contributed by atoms with Crippen LogP contribution in [0.25, 0.3) is 0 Å². The molecule has 0 aliphatic rings. The standard InChI is InChI=1S/C18H24N6O4S/c1-20-14-10-16(28-4)15(27-3)9-13(14)18(21-2)12-5-6-17(23-11-12)22-7-8-24-29(19,25)26/h5-6,9-11,24H,1,7-8H2,2-4H3,(H,22,23)(H2,19,25,26)/b21-18-. The van der Waals surface area contributed by atoms with E-state index in [1.807, 2.05) is 6.07 Å². The van der Waals surface area contributed by atoms with Crippen LogP contribution in [0.1, 0.15) is 11.1 Å². The molecule has 0 amide bonds. The highest BCUT2D eigenvalue weighted by Gasteiger charge is 2.16. The number of pyridine rings is 1. The van der Waals surface area contributed by atoms with Gasteiger partial charge in [-0.2, -0.15) is 8.42 Å². The zero-order valence-corrected chi connectivity index (χ0v) is 17.3. The molecule has 2 rings (SSSR count). The summed E-state index contributed by atoms with van der Waals surface area (Å²) in [6, 6.07) is 7.12. The van der Waals surface area contributed by atoms with Gasteiger partial charge < -0.3 is 14.8 Å². The summed E-state index contributed by atoms with van der Waals surface area (Å²) in [5, 5.41) is 7.88. The Balaban J connectivity index is 2.23. The first-order valence-corrected chi connectivity index (χ1v) is 10.0. The molecule has 29 heavy (non-hydrogen) atoms. The van der Waals surface area contributed by atoms with Gasteiger partial charge in [0.1, 0.15) is 5.82 Å². The van der Waals surface area contributed by atoms with E-state index in [4.69, 9.17) is 14.6 Å². The topological polar surface area (TPSA) is 140 Å². The molecular formula is C18H24N6O4S. The summed E-state index contributed by atoms with van der Waals surface area (Å²) in [6.45, 7) is 4.10. The molecule has 0 aliphatic heterocycles. The Morgan fingerprint density at radius 3 is 2.41 bits per heavy atom. The number of ether oxygens (including phenoxy) is 2. The van der Waals surface area contributed by atoms with Gasteiger partial charge in [0, 0.05) is 43.5 Å². The van der Waals surface area contributed by atoms with Gasteiger partial charge in [0.2, 0.25) is 0 Å². The number of hydrogen-bond acceptors (Lipinski definition) is 8. The summed E-state index contributed by atoms with van der Waals surface area (Å²) < 4.78 is 34.6. The molecule has 1 aromatic carbocycles. The number of aliphatic imine (C=N–C) groups is 2. The lowest BCUT2D eigenvalue weighted by molar-refractivity contribution is 0.355. The molecule has 1 aromatic heterocycles. The van der Waals surface area contributed by atoms with Gasteiger partial charge in [-0.15, -0.1) is 0 Å². The maximum absolute atomic E-state index is 10.8. The number of nitrogens with zero attached hydrogens (tertiary/aromatic N) is 3. The lowest BCUT2D eigenvalue weighted by Gasteiger charge is -2.14. The highest BCUT2D eigenvalue weighted by Crippen LogP contribution is 2.36. The molecule has 10 nitrogen and oxygen atoms in total.